The number of rotatable bonds is 8. The fraction of sp³-hybridized carbons (Fsp3) is 0.957. The third kappa shape index (κ3) is 9.17. The lowest BCUT2D eigenvalue weighted by Crippen LogP contribution is -2.47. The Balaban J connectivity index is 0.00000320. The van der Waals surface area contributed by atoms with Crippen LogP contribution in [-0.2, 0) is 9.47 Å². The number of unbranched alkanes of at least 4 members (excludes halogenated alkanes) is 1. The van der Waals surface area contributed by atoms with Crippen LogP contribution in [-0.4, -0.2) is 87.5 Å². The van der Waals surface area contributed by atoms with E-state index in [1.165, 1.54) is 58.2 Å². The molecule has 3 fully saturated rings. The minimum atomic E-state index is 0. The number of aliphatic imine (C=N–C) groups is 1. The van der Waals surface area contributed by atoms with Crippen molar-refractivity contribution in [1.82, 2.24) is 15.1 Å². The molecule has 1 N–H and O–H groups in total. The summed E-state index contributed by atoms with van der Waals surface area (Å²) in [5, 5.41) is 3.58. The largest absolute Gasteiger partial charge is 0.376 e. The van der Waals surface area contributed by atoms with Crippen molar-refractivity contribution in [2.75, 3.05) is 59.5 Å². The van der Waals surface area contributed by atoms with Crippen molar-refractivity contribution in [3.8, 4) is 0 Å². The van der Waals surface area contributed by atoms with Crippen molar-refractivity contribution in [3.63, 3.8) is 0 Å². The lowest BCUT2D eigenvalue weighted by molar-refractivity contribution is -0.0721. The smallest absolute Gasteiger partial charge is 0.193 e. The van der Waals surface area contributed by atoms with Gasteiger partial charge in [0.25, 0.3) is 0 Å². The summed E-state index contributed by atoms with van der Waals surface area (Å²) in [5.41, 5.74) is 0. The Morgan fingerprint density at radius 1 is 1.07 bits per heavy atom. The molecule has 0 spiro atoms. The molecule has 0 aromatic carbocycles. The van der Waals surface area contributed by atoms with Gasteiger partial charge in [-0.15, -0.1) is 24.0 Å². The highest BCUT2D eigenvalue weighted by Crippen LogP contribution is 2.18. The molecule has 6 nitrogen and oxygen atoms in total. The van der Waals surface area contributed by atoms with Gasteiger partial charge < -0.3 is 24.6 Å². The maximum absolute atomic E-state index is 6.15. The van der Waals surface area contributed by atoms with E-state index in [1.54, 1.807) is 0 Å². The van der Waals surface area contributed by atoms with Gasteiger partial charge in [-0.3, -0.25) is 4.99 Å². The van der Waals surface area contributed by atoms with Crippen LogP contribution in [0.5, 0.6) is 0 Å². The second-order valence-corrected chi connectivity index (χ2v) is 9.24. The number of nitrogens with one attached hydrogen (secondary N) is 1. The zero-order valence-corrected chi connectivity index (χ0v) is 21.6. The first kappa shape index (κ1) is 26.1. The third-order valence-corrected chi connectivity index (χ3v) is 6.67. The van der Waals surface area contributed by atoms with Crippen molar-refractivity contribution in [2.45, 2.75) is 76.9 Å². The summed E-state index contributed by atoms with van der Waals surface area (Å²) in [6, 6.07) is 0. The molecule has 2 unspecified atom stereocenters. The van der Waals surface area contributed by atoms with Gasteiger partial charge in [-0.2, -0.15) is 0 Å². The topological polar surface area (TPSA) is 49.3 Å². The Labute approximate surface area is 201 Å². The number of ether oxygens (including phenoxy) is 2. The predicted molar refractivity (Wildman–Crippen MR) is 135 cm³/mol. The van der Waals surface area contributed by atoms with Gasteiger partial charge in [0.2, 0.25) is 0 Å². The van der Waals surface area contributed by atoms with Gasteiger partial charge in [-0.1, -0.05) is 6.92 Å². The number of guanidine groups is 1. The zero-order valence-electron chi connectivity index (χ0n) is 19.3. The highest BCUT2D eigenvalue weighted by molar-refractivity contribution is 14.0. The Morgan fingerprint density at radius 2 is 1.90 bits per heavy atom. The molecule has 2 atom stereocenters. The second-order valence-electron chi connectivity index (χ2n) is 9.24. The van der Waals surface area contributed by atoms with Crippen molar-refractivity contribution in [2.24, 2.45) is 10.9 Å². The van der Waals surface area contributed by atoms with E-state index >= 15 is 0 Å². The van der Waals surface area contributed by atoms with Crippen molar-refractivity contribution >= 4 is 29.9 Å². The fourth-order valence-corrected chi connectivity index (χ4v) is 4.90. The van der Waals surface area contributed by atoms with Crippen LogP contribution in [0, 0.1) is 5.92 Å². The molecular formula is C23H45IN4O2. The third-order valence-electron chi connectivity index (χ3n) is 6.67. The van der Waals surface area contributed by atoms with E-state index in [1.807, 2.05) is 7.05 Å². The van der Waals surface area contributed by atoms with Crippen LogP contribution >= 0.6 is 24.0 Å². The Bertz CT molecular complexity index is 480. The van der Waals surface area contributed by atoms with E-state index in [0.29, 0.717) is 12.2 Å². The van der Waals surface area contributed by atoms with Gasteiger partial charge >= 0.3 is 0 Å². The number of hydrogen-bond acceptors (Lipinski definition) is 4. The van der Waals surface area contributed by atoms with Crippen LogP contribution in [0.2, 0.25) is 0 Å². The Kier molecular flexibility index (Phi) is 12.9. The quantitative estimate of drug-likeness (QED) is 0.222. The normalized spacial score (nSPS) is 27.0. The molecule has 176 valence electrons. The summed E-state index contributed by atoms with van der Waals surface area (Å²) < 4.78 is 11.9. The van der Waals surface area contributed by atoms with Gasteiger partial charge in [-0.05, 0) is 76.8 Å². The molecule has 0 aromatic heterocycles. The van der Waals surface area contributed by atoms with Crippen LogP contribution in [0.15, 0.2) is 4.99 Å². The summed E-state index contributed by atoms with van der Waals surface area (Å²) in [4.78, 5) is 9.55. The summed E-state index contributed by atoms with van der Waals surface area (Å²) in [5.74, 6) is 1.94. The summed E-state index contributed by atoms with van der Waals surface area (Å²) >= 11 is 0. The molecule has 0 bridgehead atoms. The van der Waals surface area contributed by atoms with Crippen LogP contribution in [0.4, 0.5) is 0 Å². The molecule has 0 amide bonds. The summed E-state index contributed by atoms with van der Waals surface area (Å²) in [6.45, 7) is 11.0. The number of halogens is 1. The van der Waals surface area contributed by atoms with Crippen LogP contribution in [0.3, 0.4) is 0 Å². The average Bonchev–Trinajstić information content (AvgIpc) is 2.76. The number of hydrogen-bond donors (Lipinski definition) is 1. The van der Waals surface area contributed by atoms with Crippen LogP contribution < -0.4 is 5.32 Å². The van der Waals surface area contributed by atoms with E-state index in [4.69, 9.17) is 9.47 Å². The number of piperidine rings is 2. The molecule has 3 rings (SSSR count). The zero-order chi connectivity index (χ0) is 20.3. The molecule has 3 heterocycles. The molecule has 0 saturated carbocycles. The molecule has 0 aliphatic carbocycles. The van der Waals surface area contributed by atoms with Gasteiger partial charge in [0, 0.05) is 39.8 Å². The lowest BCUT2D eigenvalue weighted by atomic mass is 10.0. The van der Waals surface area contributed by atoms with Crippen LogP contribution in [0.25, 0.3) is 0 Å². The first-order valence-corrected chi connectivity index (χ1v) is 12.2. The van der Waals surface area contributed by atoms with Crippen molar-refractivity contribution in [1.29, 1.82) is 0 Å². The Morgan fingerprint density at radius 3 is 2.60 bits per heavy atom. The van der Waals surface area contributed by atoms with Gasteiger partial charge in [0.1, 0.15) is 0 Å². The van der Waals surface area contributed by atoms with E-state index < -0.39 is 0 Å². The minimum Gasteiger partial charge on any atom is -0.376 e. The molecule has 7 heteroatoms. The van der Waals surface area contributed by atoms with E-state index in [-0.39, 0.29) is 24.0 Å². The monoisotopic (exact) mass is 536 g/mol. The summed E-state index contributed by atoms with van der Waals surface area (Å²) in [6.07, 6.45) is 11.8. The van der Waals surface area contributed by atoms with Gasteiger partial charge in [-0.25, -0.2) is 0 Å². The number of likely N-dealkylation sites (tertiary alicyclic amines) is 2. The predicted octanol–water partition coefficient (Wildman–Crippen LogP) is 3.74. The first-order chi connectivity index (χ1) is 14.2. The van der Waals surface area contributed by atoms with Crippen molar-refractivity contribution < 1.29 is 9.47 Å². The van der Waals surface area contributed by atoms with E-state index in [0.717, 1.165) is 64.0 Å². The van der Waals surface area contributed by atoms with E-state index in [2.05, 4.69) is 27.0 Å². The lowest BCUT2D eigenvalue weighted by Gasteiger charge is -2.35. The maximum Gasteiger partial charge on any atom is 0.193 e. The minimum absolute atomic E-state index is 0. The fourth-order valence-electron chi connectivity index (χ4n) is 4.90. The maximum atomic E-state index is 6.15. The molecule has 3 aliphatic heterocycles. The molecule has 0 radical (unpaired) electrons. The molecule has 3 saturated heterocycles. The molecular weight excluding hydrogens is 491 g/mol. The standard InChI is InChI=1S/C23H44N4O2.HI/c1-20-8-7-14-26(18-20)13-5-4-12-25-23(24-2)27-15-10-21(11-16-27)29-19-22-9-3-6-17-28-22;/h20-22H,3-19H2,1-2H3,(H,24,25);1H. The molecule has 30 heavy (non-hydrogen) atoms. The summed E-state index contributed by atoms with van der Waals surface area (Å²) in [7, 11) is 1.90. The average molecular weight is 537 g/mol. The van der Waals surface area contributed by atoms with Gasteiger partial charge in [0.05, 0.1) is 18.8 Å². The van der Waals surface area contributed by atoms with Crippen molar-refractivity contribution in [3.05, 3.63) is 0 Å². The second kappa shape index (κ2) is 14.9. The van der Waals surface area contributed by atoms with Crippen LogP contribution in [0.1, 0.15) is 64.7 Å². The van der Waals surface area contributed by atoms with E-state index in [9.17, 15) is 0 Å². The first-order valence-electron chi connectivity index (χ1n) is 12.2. The van der Waals surface area contributed by atoms with Gasteiger partial charge in [0.15, 0.2) is 5.96 Å². The molecule has 3 aliphatic rings. The SMILES string of the molecule is CN=C(NCCCCN1CCCC(C)C1)N1CCC(OCC2CCCCO2)CC1.I. The number of nitrogens with zero attached hydrogens (tertiary/aromatic N) is 3. The molecule has 0 aromatic rings. The highest BCUT2D eigenvalue weighted by Gasteiger charge is 2.23. The Hall–Kier alpha value is -0.120. The highest BCUT2D eigenvalue weighted by atomic mass is 127.